The Balaban J connectivity index is 2.62. The number of anilines is 1. The molecule has 0 saturated heterocycles. The van der Waals surface area contributed by atoms with Gasteiger partial charge in [0.25, 0.3) is 0 Å². The largest absolute Gasteiger partial charge is 0.491 e. The van der Waals surface area contributed by atoms with Crippen molar-refractivity contribution in [2.45, 2.75) is 33.3 Å². The van der Waals surface area contributed by atoms with E-state index in [2.05, 4.69) is 5.32 Å². The van der Waals surface area contributed by atoms with Crippen LogP contribution in [0.5, 0.6) is 5.75 Å². The van der Waals surface area contributed by atoms with E-state index in [-0.39, 0.29) is 24.0 Å². The highest BCUT2D eigenvalue weighted by Gasteiger charge is 2.15. The average Bonchev–Trinajstić information content (AvgIpc) is 2.32. The van der Waals surface area contributed by atoms with Crippen molar-refractivity contribution in [3.05, 3.63) is 24.0 Å². The number of carbonyl (C=O) groups is 1. The van der Waals surface area contributed by atoms with E-state index in [1.165, 1.54) is 12.1 Å². The number of halogens is 1. The van der Waals surface area contributed by atoms with Gasteiger partial charge in [-0.3, -0.25) is 4.79 Å². The van der Waals surface area contributed by atoms with Crippen LogP contribution in [0, 0.1) is 11.7 Å². The van der Waals surface area contributed by atoms with Crippen LogP contribution >= 0.6 is 0 Å². The van der Waals surface area contributed by atoms with E-state index in [1.807, 2.05) is 13.8 Å². The summed E-state index contributed by atoms with van der Waals surface area (Å²) in [7, 11) is 0. The third-order valence-electron chi connectivity index (χ3n) is 2.68. The molecule has 0 saturated carbocycles. The molecule has 0 heterocycles. The molecule has 5 heteroatoms. The molecule has 0 aliphatic carbocycles. The minimum Gasteiger partial charge on any atom is -0.491 e. The SMILES string of the molecule is CCOc1ccc(NC(=O)CC(O)C(C)C)cc1F. The van der Waals surface area contributed by atoms with Crippen LogP contribution in [0.4, 0.5) is 10.1 Å². The van der Waals surface area contributed by atoms with Crippen LogP contribution < -0.4 is 10.1 Å². The lowest BCUT2D eigenvalue weighted by Gasteiger charge is -2.14. The van der Waals surface area contributed by atoms with Gasteiger partial charge in [0.2, 0.25) is 5.91 Å². The Hall–Kier alpha value is -1.62. The van der Waals surface area contributed by atoms with Gasteiger partial charge in [-0.1, -0.05) is 13.8 Å². The lowest BCUT2D eigenvalue weighted by Crippen LogP contribution is -2.23. The molecule has 19 heavy (non-hydrogen) atoms. The number of carbonyl (C=O) groups excluding carboxylic acids is 1. The van der Waals surface area contributed by atoms with Gasteiger partial charge < -0.3 is 15.2 Å². The number of aliphatic hydroxyl groups excluding tert-OH is 1. The summed E-state index contributed by atoms with van der Waals surface area (Å²) in [6, 6.07) is 4.23. The third kappa shape index (κ3) is 4.87. The number of hydrogen-bond acceptors (Lipinski definition) is 3. The number of hydrogen-bond donors (Lipinski definition) is 2. The maximum Gasteiger partial charge on any atom is 0.226 e. The van der Waals surface area contributed by atoms with Gasteiger partial charge in [0.1, 0.15) is 0 Å². The maximum absolute atomic E-state index is 13.6. The van der Waals surface area contributed by atoms with Gasteiger partial charge >= 0.3 is 0 Å². The first kappa shape index (κ1) is 15.4. The Morgan fingerprint density at radius 1 is 1.47 bits per heavy atom. The molecule has 0 aliphatic rings. The smallest absolute Gasteiger partial charge is 0.226 e. The normalized spacial score (nSPS) is 12.3. The number of aliphatic hydroxyl groups is 1. The fraction of sp³-hybridized carbons (Fsp3) is 0.500. The highest BCUT2D eigenvalue weighted by Crippen LogP contribution is 2.21. The van der Waals surface area contributed by atoms with Crippen molar-refractivity contribution >= 4 is 11.6 Å². The minimum absolute atomic E-state index is 0.00261. The predicted octanol–water partition coefficient (Wildman–Crippen LogP) is 2.57. The number of amides is 1. The third-order valence-corrected chi connectivity index (χ3v) is 2.68. The molecular weight excluding hydrogens is 249 g/mol. The van der Waals surface area contributed by atoms with Crippen molar-refractivity contribution in [2.75, 3.05) is 11.9 Å². The van der Waals surface area contributed by atoms with Crippen LogP contribution in [0.25, 0.3) is 0 Å². The molecule has 4 nitrogen and oxygen atoms in total. The Labute approximate surface area is 112 Å². The molecule has 1 rings (SSSR count). The molecule has 0 aromatic heterocycles. The first-order valence-electron chi connectivity index (χ1n) is 6.34. The van der Waals surface area contributed by atoms with E-state index in [0.717, 1.165) is 0 Å². The summed E-state index contributed by atoms with van der Waals surface area (Å²) in [5.74, 6) is -0.709. The lowest BCUT2D eigenvalue weighted by molar-refractivity contribution is -0.118. The summed E-state index contributed by atoms with van der Waals surface area (Å²) in [5.41, 5.74) is 0.349. The van der Waals surface area contributed by atoms with Gasteiger partial charge in [-0.2, -0.15) is 0 Å². The van der Waals surface area contributed by atoms with E-state index < -0.39 is 11.9 Å². The van der Waals surface area contributed by atoms with Crippen LogP contribution in [0.3, 0.4) is 0 Å². The Morgan fingerprint density at radius 3 is 2.68 bits per heavy atom. The average molecular weight is 269 g/mol. The number of ether oxygens (including phenoxy) is 1. The molecule has 106 valence electrons. The van der Waals surface area contributed by atoms with Gasteiger partial charge in [-0.25, -0.2) is 4.39 Å². The molecule has 1 atom stereocenters. The number of rotatable bonds is 6. The molecule has 1 amide bonds. The summed E-state index contributed by atoms with van der Waals surface area (Å²) in [6.45, 7) is 5.80. The topological polar surface area (TPSA) is 58.6 Å². The summed E-state index contributed by atoms with van der Waals surface area (Å²) in [5, 5.41) is 12.1. The highest BCUT2D eigenvalue weighted by atomic mass is 19.1. The zero-order chi connectivity index (χ0) is 14.4. The van der Waals surface area contributed by atoms with E-state index in [9.17, 15) is 14.3 Å². The van der Waals surface area contributed by atoms with Crippen LogP contribution in [-0.2, 0) is 4.79 Å². The second-order valence-corrected chi connectivity index (χ2v) is 4.64. The van der Waals surface area contributed by atoms with Crippen LogP contribution in [0.2, 0.25) is 0 Å². The van der Waals surface area contributed by atoms with Gasteiger partial charge in [-0.05, 0) is 25.0 Å². The predicted molar refractivity (Wildman–Crippen MR) is 71.7 cm³/mol. The molecule has 0 aliphatic heterocycles. The fourth-order valence-electron chi connectivity index (χ4n) is 1.49. The van der Waals surface area contributed by atoms with Gasteiger partial charge in [0, 0.05) is 11.8 Å². The monoisotopic (exact) mass is 269 g/mol. The molecule has 1 aromatic carbocycles. The van der Waals surface area contributed by atoms with E-state index in [1.54, 1.807) is 13.0 Å². The maximum atomic E-state index is 13.6. The zero-order valence-electron chi connectivity index (χ0n) is 11.4. The molecule has 0 bridgehead atoms. The van der Waals surface area contributed by atoms with E-state index >= 15 is 0 Å². The first-order chi connectivity index (χ1) is 8.93. The molecular formula is C14H20FNO3. The second kappa shape index (κ2) is 7.09. The first-order valence-corrected chi connectivity index (χ1v) is 6.34. The summed E-state index contributed by atoms with van der Waals surface area (Å²) in [6.07, 6.45) is -0.709. The van der Waals surface area contributed by atoms with Gasteiger partial charge in [0.05, 0.1) is 19.1 Å². The Kier molecular flexibility index (Phi) is 5.76. The van der Waals surface area contributed by atoms with Gasteiger partial charge in [-0.15, -0.1) is 0 Å². The Morgan fingerprint density at radius 2 is 2.16 bits per heavy atom. The number of benzene rings is 1. The summed E-state index contributed by atoms with van der Waals surface area (Å²) >= 11 is 0. The molecule has 2 N–H and O–H groups in total. The van der Waals surface area contributed by atoms with Crippen molar-refractivity contribution in [2.24, 2.45) is 5.92 Å². The quantitative estimate of drug-likeness (QED) is 0.834. The van der Waals surface area contributed by atoms with Crippen molar-refractivity contribution in [1.82, 2.24) is 0 Å². The number of nitrogens with one attached hydrogen (secondary N) is 1. The van der Waals surface area contributed by atoms with Crippen LogP contribution in [-0.4, -0.2) is 23.7 Å². The van der Waals surface area contributed by atoms with E-state index in [4.69, 9.17) is 4.74 Å². The van der Waals surface area contributed by atoms with Crippen LogP contribution in [0.1, 0.15) is 27.2 Å². The summed E-state index contributed by atoms with van der Waals surface area (Å²) < 4.78 is 18.6. The van der Waals surface area contributed by atoms with E-state index in [0.29, 0.717) is 12.3 Å². The highest BCUT2D eigenvalue weighted by molar-refractivity contribution is 5.91. The second-order valence-electron chi connectivity index (χ2n) is 4.64. The van der Waals surface area contributed by atoms with Crippen molar-refractivity contribution < 1.29 is 19.0 Å². The van der Waals surface area contributed by atoms with Crippen molar-refractivity contribution in [1.29, 1.82) is 0 Å². The molecule has 0 radical (unpaired) electrons. The molecule has 0 fully saturated rings. The van der Waals surface area contributed by atoms with Crippen molar-refractivity contribution in [3.8, 4) is 5.75 Å². The lowest BCUT2D eigenvalue weighted by atomic mass is 10.0. The fourth-order valence-corrected chi connectivity index (χ4v) is 1.49. The minimum atomic E-state index is -0.701. The zero-order valence-corrected chi connectivity index (χ0v) is 11.4. The standard InChI is InChI=1S/C14H20FNO3/c1-4-19-13-6-5-10(7-11(13)15)16-14(18)8-12(17)9(2)3/h5-7,9,12,17H,4,8H2,1-3H3,(H,16,18). The van der Waals surface area contributed by atoms with Crippen LogP contribution in [0.15, 0.2) is 18.2 Å². The molecule has 0 spiro atoms. The van der Waals surface area contributed by atoms with Crippen molar-refractivity contribution in [3.63, 3.8) is 0 Å². The summed E-state index contributed by atoms with van der Waals surface area (Å²) in [4.78, 5) is 11.6. The van der Waals surface area contributed by atoms with Gasteiger partial charge in [0.15, 0.2) is 11.6 Å². The molecule has 1 unspecified atom stereocenters. The Bertz CT molecular complexity index is 435. The molecule has 1 aromatic rings.